The van der Waals surface area contributed by atoms with Gasteiger partial charge in [-0.25, -0.2) is 0 Å². The van der Waals surface area contributed by atoms with Crippen LogP contribution in [0, 0.1) is 35.8 Å². The van der Waals surface area contributed by atoms with Crippen LogP contribution in [-0.2, 0) is 0 Å². The SMILES string of the molecule is [C]1=[C]C2CC3CC1CC(C2)C3. The van der Waals surface area contributed by atoms with E-state index in [0.29, 0.717) is 0 Å². The van der Waals surface area contributed by atoms with Crippen molar-refractivity contribution in [2.75, 3.05) is 0 Å². The summed E-state index contributed by atoms with van der Waals surface area (Å²) < 4.78 is 0. The third-order valence-corrected chi connectivity index (χ3v) is 3.63. The number of hydrogen-bond acceptors (Lipinski definition) is 0. The van der Waals surface area contributed by atoms with Crippen LogP contribution in [0.5, 0.6) is 0 Å². The van der Waals surface area contributed by atoms with Gasteiger partial charge >= 0.3 is 0 Å². The van der Waals surface area contributed by atoms with Gasteiger partial charge in [0.15, 0.2) is 0 Å². The van der Waals surface area contributed by atoms with Crippen LogP contribution in [0.25, 0.3) is 0 Å². The van der Waals surface area contributed by atoms with Gasteiger partial charge in [-0.05, 0) is 67.9 Å². The first kappa shape index (κ1) is 6.28. The summed E-state index contributed by atoms with van der Waals surface area (Å²) in [7, 11) is 0. The molecule has 0 N–H and O–H groups in total. The van der Waals surface area contributed by atoms with Crippen molar-refractivity contribution in [3.8, 4) is 0 Å². The zero-order valence-electron chi connectivity index (χ0n) is 6.84. The maximum absolute atomic E-state index is 3.45. The van der Waals surface area contributed by atoms with Crippen molar-refractivity contribution in [2.45, 2.75) is 32.1 Å². The molecule has 0 aliphatic heterocycles. The summed E-state index contributed by atoms with van der Waals surface area (Å²) in [6.07, 6.45) is 14.2. The lowest BCUT2D eigenvalue weighted by Crippen LogP contribution is -2.27. The van der Waals surface area contributed by atoms with E-state index in [1.54, 1.807) is 0 Å². The van der Waals surface area contributed by atoms with E-state index in [1.165, 1.54) is 32.1 Å². The molecule has 0 atom stereocenters. The van der Waals surface area contributed by atoms with Crippen LogP contribution in [0.4, 0.5) is 0 Å². The van der Waals surface area contributed by atoms with Gasteiger partial charge < -0.3 is 0 Å². The predicted molar refractivity (Wildman–Crippen MR) is 43.5 cm³/mol. The lowest BCUT2D eigenvalue weighted by molar-refractivity contribution is 0.140. The molecule has 0 unspecified atom stereocenters. The molecule has 4 bridgehead atoms. The Kier molecular flexibility index (Phi) is 1.21. The molecule has 58 valence electrons. The van der Waals surface area contributed by atoms with Gasteiger partial charge in [-0.1, -0.05) is 0 Å². The zero-order valence-corrected chi connectivity index (χ0v) is 6.84. The average Bonchev–Trinajstić information content (AvgIpc) is 2.18. The molecule has 4 aliphatic carbocycles. The van der Waals surface area contributed by atoms with E-state index < -0.39 is 0 Å². The van der Waals surface area contributed by atoms with Crippen LogP contribution >= 0.6 is 0 Å². The molecule has 11 heavy (non-hydrogen) atoms. The minimum atomic E-state index is 0.797. The van der Waals surface area contributed by atoms with Crippen LogP contribution in [0.15, 0.2) is 0 Å². The average molecular weight is 146 g/mol. The minimum absolute atomic E-state index is 0.797. The Morgan fingerprint density at radius 2 is 1.09 bits per heavy atom. The molecule has 4 aliphatic rings. The van der Waals surface area contributed by atoms with Gasteiger partial charge in [-0.3, -0.25) is 0 Å². The van der Waals surface area contributed by atoms with E-state index in [9.17, 15) is 0 Å². The van der Waals surface area contributed by atoms with Crippen molar-refractivity contribution in [1.82, 2.24) is 0 Å². The molecule has 0 aromatic heterocycles. The maximum Gasteiger partial charge on any atom is -0.0151 e. The van der Waals surface area contributed by atoms with Gasteiger partial charge in [-0.2, -0.15) is 0 Å². The molecule has 0 amide bonds. The second-order valence-electron chi connectivity index (χ2n) is 4.59. The first-order valence-electron chi connectivity index (χ1n) is 4.91. The smallest absolute Gasteiger partial charge is 0.0151 e. The number of allylic oxidation sites excluding steroid dienone is 2. The molecule has 0 aromatic rings. The highest BCUT2D eigenvalue weighted by molar-refractivity contribution is 4.97. The van der Waals surface area contributed by atoms with Gasteiger partial charge in [0, 0.05) is 0 Å². The molecule has 4 rings (SSSR count). The molecule has 0 aromatic carbocycles. The summed E-state index contributed by atoms with van der Waals surface area (Å²) in [5, 5.41) is 0. The van der Waals surface area contributed by atoms with Crippen LogP contribution in [0.3, 0.4) is 0 Å². The fourth-order valence-electron chi connectivity index (χ4n) is 3.32. The van der Waals surface area contributed by atoms with Gasteiger partial charge in [-0.15, -0.1) is 0 Å². The summed E-state index contributed by atoms with van der Waals surface area (Å²) in [5.41, 5.74) is 0. The molecule has 2 radical (unpaired) electrons. The second-order valence-corrected chi connectivity index (χ2v) is 4.59. The molecular weight excluding hydrogens is 132 g/mol. The van der Waals surface area contributed by atoms with Crippen LogP contribution in [-0.4, -0.2) is 0 Å². The Hall–Kier alpha value is -0.260. The third kappa shape index (κ3) is 0.953. The Morgan fingerprint density at radius 3 is 1.55 bits per heavy atom. The van der Waals surface area contributed by atoms with E-state index in [0.717, 1.165) is 23.7 Å². The molecule has 0 heteroatoms. The van der Waals surface area contributed by atoms with Crippen molar-refractivity contribution in [1.29, 1.82) is 0 Å². The maximum atomic E-state index is 3.45. The fraction of sp³-hybridized carbons (Fsp3) is 0.818. The number of rotatable bonds is 0. The normalized spacial score (nSPS) is 53.1. The monoisotopic (exact) mass is 146 g/mol. The highest BCUT2D eigenvalue weighted by Crippen LogP contribution is 2.47. The third-order valence-electron chi connectivity index (χ3n) is 3.63. The Balaban J connectivity index is 1.96. The Morgan fingerprint density at radius 1 is 0.636 bits per heavy atom. The Labute approximate surface area is 68.7 Å². The highest BCUT2D eigenvalue weighted by Gasteiger charge is 2.36. The first-order valence-corrected chi connectivity index (χ1v) is 4.91. The number of hydrogen-bond donors (Lipinski definition) is 0. The van der Waals surface area contributed by atoms with Gasteiger partial charge in [0.1, 0.15) is 0 Å². The molecule has 0 nitrogen and oxygen atoms in total. The van der Waals surface area contributed by atoms with Crippen LogP contribution < -0.4 is 0 Å². The van der Waals surface area contributed by atoms with E-state index in [1.807, 2.05) is 0 Å². The second kappa shape index (κ2) is 2.12. The molecule has 2 fully saturated rings. The van der Waals surface area contributed by atoms with Crippen molar-refractivity contribution in [2.24, 2.45) is 23.7 Å². The predicted octanol–water partition coefficient (Wildman–Crippen LogP) is 2.61. The lowest BCUT2D eigenvalue weighted by atomic mass is 9.67. The summed E-state index contributed by atoms with van der Waals surface area (Å²) in [6, 6.07) is 0. The van der Waals surface area contributed by atoms with E-state index in [-0.39, 0.29) is 0 Å². The van der Waals surface area contributed by atoms with Crippen LogP contribution in [0.2, 0.25) is 0 Å². The lowest BCUT2D eigenvalue weighted by Gasteiger charge is -2.38. The largest absolute Gasteiger partial charge is 0.0475 e. The molecule has 2 saturated carbocycles. The van der Waals surface area contributed by atoms with E-state index in [2.05, 4.69) is 12.2 Å². The van der Waals surface area contributed by atoms with E-state index >= 15 is 0 Å². The Bertz CT molecular complexity index is 160. The van der Waals surface area contributed by atoms with Gasteiger partial charge in [0.25, 0.3) is 0 Å². The van der Waals surface area contributed by atoms with Crippen molar-refractivity contribution < 1.29 is 0 Å². The van der Waals surface area contributed by atoms with Crippen molar-refractivity contribution in [3.63, 3.8) is 0 Å². The summed E-state index contributed by atoms with van der Waals surface area (Å²) in [5.74, 6) is 3.68. The molecule has 0 saturated heterocycles. The fourth-order valence-corrected chi connectivity index (χ4v) is 3.32. The van der Waals surface area contributed by atoms with Crippen LogP contribution in [0.1, 0.15) is 32.1 Å². The van der Waals surface area contributed by atoms with Gasteiger partial charge in [0.2, 0.25) is 0 Å². The van der Waals surface area contributed by atoms with E-state index in [4.69, 9.17) is 0 Å². The molecule has 0 spiro atoms. The summed E-state index contributed by atoms with van der Waals surface area (Å²) >= 11 is 0. The topological polar surface area (TPSA) is 0 Å². The molecule has 0 heterocycles. The van der Waals surface area contributed by atoms with Crippen molar-refractivity contribution in [3.05, 3.63) is 12.2 Å². The minimum Gasteiger partial charge on any atom is -0.0475 e. The summed E-state index contributed by atoms with van der Waals surface area (Å²) in [4.78, 5) is 0. The molecular formula is C11H14. The van der Waals surface area contributed by atoms with Gasteiger partial charge in [0.05, 0.1) is 0 Å². The quantitative estimate of drug-likeness (QED) is 0.493. The first-order chi connectivity index (χ1) is 5.40. The zero-order chi connectivity index (χ0) is 7.26. The van der Waals surface area contributed by atoms with Crippen molar-refractivity contribution >= 4 is 0 Å². The highest BCUT2D eigenvalue weighted by atomic mass is 14.4. The summed E-state index contributed by atoms with van der Waals surface area (Å²) in [6.45, 7) is 0. The standard InChI is InChI=1S/C11H14/c1-2-9-5-10-3-8(1)4-11(6-9)7-10/h8-11H,3-7H2.